The maximum atomic E-state index is 13.4. The van der Waals surface area contributed by atoms with Crippen LogP contribution in [0.15, 0.2) is 48.5 Å². The first-order chi connectivity index (χ1) is 14.3. The molecular formula is C23H27BF3NO3. The summed E-state index contributed by atoms with van der Waals surface area (Å²) in [4.78, 5) is 13.8. The number of halogens is 3. The summed E-state index contributed by atoms with van der Waals surface area (Å²) in [6.07, 6.45) is -4.50. The van der Waals surface area contributed by atoms with Crippen LogP contribution < -0.4 is 5.46 Å². The molecule has 0 aliphatic carbocycles. The third-order valence-corrected chi connectivity index (χ3v) is 6.00. The molecule has 1 amide bonds. The van der Waals surface area contributed by atoms with Crippen molar-refractivity contribution in [2.75, 3.05) is 0 Å². The Labute approximate surface area is 181 Å². The van der Waals surface area contributed by atoms with Crippen molar-refractivity contribution >= 4 is 18.5 Å². The van der Waals surface area contributed by atoms with Gasteiger partial charge in [-0.15, -0.1) is 0 Å². The zero-order valence-electron chi connectivity index (χ0n) is 18.4. The number of rotatable bonds is 5. The van der Waals surface area contributed by atoms with Gasteiger partial charge < -0.3 is 14.2 Å². The summed E-state index contributed by atoms with van der Waals surface area (Å²) in [6.45, 7) is 9.23. The molecule has 8 heteroatoms. The van der Waals surface area contributed by atoms with Crippen molar-refractivity contribution in [3.63, 3.8) is 0 Å². The molecule has 2 aromatic carbocycles. The monoisotopic (exact) mass is 433 g/mol. The highest BCUT2D eigenvalue weighted by Gasteiger charge is 2.52. The number of nitrogens with zero attached hydrogens (tertiary/aromatic N) is 1. The van der Waals surface area contributed by atoms with E-state index in [2.05, 4.69) is 0 Å². The van der Waals surface area contributed by atoms with E-state index in [0.717, 1.165) is 17.7 Å². The van der Waals surface area contributed by atoms with Crippen molar-refractivity contribution in [1.82, 2.24) is 4.90 Å². The van der Waals surface area contributed by atoms with Crippen LogP contribution in [0.4, 0.5) is 13.2 Å². The molecule has 4 nitrogen and oxygen atoms in total. The van der Waals surface area contributed by atoms with Gasteiger partial charge in [0.25, 0.3) is 0 Å². The molecule has 1 fully saturated rings. The Bertz CT molecular complexity index is 929. The first kappa shape index (κ1) is 23.4. The van der Waals surface area contributed by atoms with Gasteiger partial charge in [0, 0.05) is 20.0 Å². The zero-order valence-corrected chi connectivity index (χ0v) is 18.4. The average Bonchev–Trinajstić information content (AvgIpc) is 2.88. The smallest absolute Gasteiger partial charge is 0.399 e. The predicted octanol–water partition coefficient (Wildman–Crippen LogP) is 4.55. The van der Waals surface area contributed by atoms with E-state index >= 15 is 0 Å². The van der Waals surface area contributed by atoms with Crippen molar-refractivity contribution in [3.05, 3.63) is 65.2 Å². The van der Waals surface area contributed by atoms with Gasteiger partial charge in [0.2, 0.25) is 5.91 Å². The van der Waals surface area contributed by atoms with Crippen LogP contribution in [-0.2, 0) is 33.4 Å². The van der Waals surface area contributed by atoms with Crippen molar-refractivity contribution in [3.8, 4) is 0 Å². The van der Waals surface area contributed by atoms with Gasteiger partial charge in [-0.3, -0.25) is 4.79 Å². The molecule has 0 N–H and O–H groups in total. The largest absolute Gasteiger partial charge is 0.495 e. The Morgan fingerprint density at radius 1 is 0.968 bits per heavy atom. The number of benzene rings is 2. The Morgan fingerprint density at radius 3 is 2.06 bits per heavy atom. The van der Waals surface area contributed by atoms with Crippen LogP contribution in [0.25, 0.3) is 0 Å². The fourth-order valence-corrected chi connectivity index (χ4v) is 3.41. The number of hydrogen-bond acceptors (Lipinski definition) is 3. The second-order valence-corrected chi connectivity index (χ2v) is 8.86. The van der Waals surface area contributed by atoms with Gasteiger partial charge in [-0.25, -0.2) is 0 Å². The van der Waals surface area contributed by atoms with Gasteiger partial charge in [-0.1, -0.05) is 42.5 Å². The Morgan fingerprint density at radius 2 is 1.55 bits per heavy atom. The molecule has 1 saturated heterocycles. The van der Waals surface area contributed by atoms with Crippen LogP contribution in [0.2, 0.25) is 0 Å². The van der Waals surface area contributed by atoms with Gasteiger partial charge in [0.1, 0.15) is 0 Å². The lowest BCUT2D eigenvalue weighted by Gasteiger charge is -2.32. The van der Waals surface area contributed by atoms with E-state index < -0.39 is 30.1 Å². The topological polar surface area (TPSA) is 38.8 Å². The SMILES string of the molecule is CC(=O)N(Cc1ccccc1)Cc1cc(C(F)(F)F)ccc1B1OC(C)(C)C(C)(C)O1. The minimum absolute atomic E-state index is 0.00750. The van der Waals surface area contributed by atoms with Gasteiger partial charge >= 0.3 is 13.3 Å². The minimum atomic E-state index is -4.50. The highest BCUT2D eigenvalue weighted by Crippen LogP contribution is 2.37. The van der Waals surface area contributed by atoms with E-state index in [-0.39, 0.29) is 19.0 Å². The Kier molecular flexibility index (Phi) is 6.26. The molecule has 1 aliphatic heterocycles. The summed E-state index contributed by atoms with van der Waals surface area (Å²) in [7, 11) is -0.826. The molecule has 0 bridgehead atoms. The molecule has 31 heavy (non-hydrogen) atoms. The third kappa shape index (κ3) is 5.13. The van der Waals surface area contributed by atoms with Crippen molar-refractivity contribution in [2.45, 2.75) is 65.1 Å². The fraction of sp³-hybridized carbons (Fsp3) is 0.435. The number of carbonyl (C=O) groups excluding carboxylic acids is 1. The molecule has 0 atom stereocenters. The van der Waals surface area contributed by atoms with E-state index in [0.29, 0.717) is 11.0 Å². The maximum absolute atomic E-state index is 13.4. The maximum Gasteiger partial charge on any atom is 0.495 e. The molecule has 166 valence electrons. The average molecular weight is 433 g/mol. The Balaban J connectivity index is 1.98. The molecule has 0 aromatic heterocycles. The van der Waals surface area contributed by atoms with Crippen LogP contribution in [0, 0.1) is 0 Å². The second-order valence-electron chi connectivity index (χ2n) is 8.86. The van der Waals surface area contributed by atoms with E-state index in [9.17, 15) is 18.0 Å². The third-order valence-electron chi connectivity index (χ3n) is 6.00. The van der Waals surface area contributed by atoms with E-state index in [1.807, 2.05) is 58.0 Å². The van der Waals surface area contributed by atoms with Crippen LogP contribution in [0.1, 0.15) is 51.3 Å². The van der Waals surface area contributed by atoms with Gasteiger partial charge in [-0.05, 0) is 50.4 Å². The number of carbonyl (C=O) groups is 1. The summed E-state index contributed by atoms with van der Waals surface area (Å²) in [5, 5.41) is 0. The molecule has 1 heterocycles. The molecular weight excluding hydrogens is 406 g/mol. The van der Waals surface area contributed by atoms with Gasteiger partial charge in [0.05, 0.1) is 16.8 Å². The van der Waals surface area contributed by atoms with Crippen LogP contribution in [0.5, 0.6) is 0 Å². The van der Waals surface area contributed by atoms with Crippen molar-refractivity contribution < 1.29 is 27.3 Å². The van der Waals surface area contributed by atoms with Crippen LogP contribution in [-0.4, -0.2) is 29.1 Å². The lowest BCUT2D eigenvalue weighted by Crippen LogP contribution is -2.41. The first-order valence-corrected chi connectivity index (χ1v) is 10.2. The lowest BCUT2D eigenvalue weighted by molar-refractivity contribution is -0.137. The molecule has 0 radical (unpaired) electrons. The molecule has 3 rings (SSSR count). The quantitative estimate of drug-likeness (QED) is 0.650. The highest BCUT2D eigenvalue weighted by molar-refractivity contribution is 6.62. The van der Waals surface area contributed by atoms with Gasteiger partial charge in [0.15, 0.2) is 0 Å². The lowest BCUT2D eigenvalue weighted by atomic mass is 9.75. The Hall–Kier alpha value is -2.32. The van der Waals surface area contributed by atoms with Gasteiger partial charge in [-0.2, -0.15) is 13.2 Å². The van der Waals surface area contributed by atoms with E-state index in [1.54, 1.807) is 0 Å². The summed E-state index contributed by atoms with van der Waals surface area (Å²) in [6, 6.07) is 12.8. The molecule has 0 unspecified atom stereocenters. The highest BCUT2D eigenvalue weighted by atomic mass is 19.4. The molecule has 1 aliphatic rings. The normalized spacial score (nSPS) is 17.6. The first-order valence-electron chi connectivity index (χ1n) is 10.2. The molecule has 0 saturated carbocycles. The minimum Gasteiger partial charge on any atom is -0.399 e. The molecule has 2 aromatic rings. The number of hydrogen-bond donors (Lipinski definition) is 0. The summed E-state index contributed by atoms with van der Waals surface area (Å²) in [5.41, 5.74) is -0.317. The predicted molar refractivity (Wildman–Crippen MR) is 114 cm³/mol. The zero-order chi connectivity index (χ0) is 23.0. The van der Waals surface area contributed by atoms with Crippen LogP contribution in [0.3, 0.4) is 0 Å². The van der Waals surface area contributed by atoms with E-state index in [1.165, 1.54) is 17.9 Å². The standard InChI is InChI=1S/C23H27BF3NO3/c1-16(29)28(14-17-9-7-6-8-10-17)15-18-13-19(23(25,26)27)11-12-20(18)24-30-21(2,3)22(4,5)31-24/h6-13H,14-15H2,1-5H3. The fourth-order valence-electron chi connectivity index (χ4n) is 3.41. The summed E-state index contributed by atoms with van der Waals surface area (Å²) >= 11 is 0. The second kappa shape index (κ2) is 8.32. The van der Waals surface area contributed by atoms with Crippen molar-refractivity contribution in [1.29, 1.82) is 0 Å². The summed E-state index contributed by atoms with van der Waals surface area (Å²) in [5.74, 6) is -0.235. The molecule has 0 spiro atoms. The summed E-state index contributed by atoms with van der Waals surface area (Å²) < 4.78 is 52.4. The van der Waals surface area contributed by atoms with Crippen molar-refractivity contribution in [2.24, 2.45) is 0 Å². The van der Waals surface area contributed by atoms with Crippen LogP contribution >= 0.6 is 0 Å². The number of alkyl halides is 3. The number of amides is 1. The van der Waals surface area contributed by atoms with E-state index in [4.69, 9.17) is 9.31 Å².